The van der Waals surface area contributed by atoms with Crippen molar-refractivity contribution in [1.29, 1.82) is 0 Å². The van der Waals surface area contributed by atoms with Gasteiger partial charge in [-0.25, -0.2) is 4.98 Å². The van der Waals surface area contributed by atoms with E-state index in [9.17, 15) is 4.79 Å². The lowest BCUT2D eigenvalue weighted by molar-refractivity contribution is 0.0937. The van der Waals surface area contributed by atoms with Gasteiger partial charge in [0, 0.05) is 28.8 Å². The molecule has 0 bridgehead atoms. The van der Waals surface area contributed by atoms with Crippen LogP contribution in [0.4, 0.5) is 0 Å². The van der Waals surface area contributed by atoms with Gasteiger partial charge in [-0.15, -0.1) is 11.3 Å². The number of ether oxygens (including phenoxy) is 1. The van der Waals surface area contributed by atoms with Crippen LogP contribution in [0, 0.1) is 6.92 Å². The van der Waals surface area contributed by atoms with E-state index in [1.165, 1.54) is 4.88 Å². The largest absolute Gasteiger partial charge is 0.376 e. The number of hydrogen-bond acceptors (Lipinski definition) is 6. The highest BCUT2D eigenvalue weighted by Crippen LogP contribution is 2.31. The van der Waals surface area contributed by atoms with Crippen LogP contribution in [-0.4, -0.2) is 27.2 Å². The molecule has 0 spiro atoms. The summed E-state index contributed by atoms with van der Waals surface area (Å²) >= 11 is 3.24. The van der Waals surface area contributed by atoms with Crippen LogP contribution in [-0.2, 0) is 23.5 Å². The van der Waals surface area contributed by atoms with Crippen molar-refractivity contribution in [2.24, 2.45) is 0 Å². The maximum atomic E-state index is 13.6. The first kappa shape index (κ1) is 20.7. The number of fused-ring (bicyclic) bond motifs is 2. The Bertz CT molecular complexity index is 1300. The topological polar surface area (TPSA) is 57.0 Å². The number of thiophene rings is 1. The molecule has 1 saturated heterocycles. The van der Waals surface area contributed by atoms with Crippen LogP contribution in [0.25, 0.3) is 21.1 Å². The average molecular weight is 452 g/mol. The lowest BCUT2D eigenvalue weighted by Gasteiger charge is -2.16. The van der Waals surface area contributed by atoms with E-state index in [-0.39, 0.29) is 11.7 Å². The van der Waals surface area contributed by atoms with Crippen molar-refractivity contribution in [1.82, 2.24) is 14.5 Å². The molecule has 1 fully saturated rings. The summed E-state index contributed by atoms with van der Waals surface area (Å²) in [4.78, 5) is 25.2. The van der Waals surface area contributed by atoms with E-state index in [0.29, 0.717) is 12.3 Å². The van der Waals surface area contributed by atoms with Gasteiger partial charge in [0.05, 0.1) is 23.6 Å². The number of thioether (sulfide) groups is 1. The van der Waals surface area contributed by atoms with E-state index in [0.717, 1.165) is 63.3 Å². The minimum absolute atomic E-state index is 0.0697. The highest BCUT2D eigenvalue weighted by molar-refractivity contribution is 7.98. The Morgan fingerprint density at radius 2 is 2.16 bits per heavy atom. The molecule has 0 radical (unpaired) electrons. The summed E-state index contributed by atoms with van der Waals surface area (Å²) in [6.45, 7) is 5.53. The van der Waals surface area contributed by atoms with Crippen molar-refractivity contribution < 1.29 is 4.74 Å². The number of aromatic nitrogens is 3. The number of nitrogens with zero attached hydrogens (tertiary/aromatic N) is 3. The Morgan fingerprint density at radius 3 is 2.97 bits per heavy atom. The van der Waals surface area contributed by atoms with Crippen molar-refractivity contribution in [2.45, 2.75) is 56.7 Å². The molecular formula is C24H25N3O2S2. The van der Waals surface area contributed by atoms with E-state index in [1.54, 1.807) is 23.1 Å². The lowest BCUT2D eigenvalue weighted by Crippen LogP contribution is -2.29. The van der Waals surface area contributed by atoms with Crippen LogP contribution in [0.3, 0.4) is 0 Å². The lowest BCUT2D eigenvalue weighted by atomic mass is 10.1. The summed E-state index contributed by atoms with van der Waals surface area (Å²) in [5.41, 5.74) is 3.36. The van der Waals surface area contributed by atoms with Gasteiger partial charge in [-0.3, -0.25) is 14.3 Å². The highest BCUT2D eigenvalue weighted by Gasteiger charge is 2.23. The zero-order chi connectivity index (χ0) is 21.4. The smallest absolute Gasteiger partial charge is 0.263 e. The third-order valence-electron chi connectivity index (χ3n) is 5.91. The molecule has 0 N–H and O–H groups in total. The van der Waals surface area contributed by atoms with E-state index in [4.69, 9.17) is 9.72 Å². The van der Waals surface area contributed by atoms with Crippen LogP contribution in [0.5, 0.6) is 0 Å². The third kappa shape index (κ3) is 3.90. The maximum Gasteiger partial charge on any atom is 0.263 e. The molecular weight excluding hydrogens is 426 g/mol. The minimum Gasteiger partial charge on any atom is -0.376 e. The van der Waals surface area contributed by atoms with Crippen molar-refractivity contribution >= 4 is 44.2 Å². The third-order valence-corrected chi connectivity index (χ3v) is 7.98. The zero-order valence-corrected chi connectivity index (χ0v) is 19.4. The fraction of sp³-hybridized carbons (Fsp3) is 0.375. The molecule has 0 aliphatic carbocycles. The van der Waals surface area contributed by atoms with Crippen molar-refractivity contribution in [2.75, 3.05) is 6.61 Å². The first-order valence-corrected chi connectivity index (χ1v) is 12.6. The Hall–Kier alpha value is -2.22. The molecule has 4 heterocycles. The second-order valence-corrected chi connectivity index (χ2v) is 10.0. The van der Waals surface area contributed by atoms with Gasteiger partial charge >= 0.3 is 0 Å². The summed E-state index contributed by atoms with van der Waals surface area (Å²) in [5.74, 6) is 0.711. The Labute approximate surface area is 189 Å². The van der Waals surface area contributed by atoms with Gasteiger partial charge in [0.25, 0.3) is 5.56 Å². The number of para-hydroxylation sites is 1. The Balaban J connectivity index is 1.56. The molecule has 7 heteroatoms. The number of pyridine rings is 1. The first-order chi connectivity index (χ1) is 15.2. The fourth-order valence-electron chi connectivity index (χ4n) is 4.35. The molecule has 1 atom stereocenters. The second kappa shape index (κ2) is 8.73. The Morgan fingerprint density at radius 1 is 1.29 bits per heavy atom. The van der Waals surface area contributed by atoms with Gasteiger partial charge in [0.2, 0.25) is 0 Å². The van der Waals surface area contributed by atoms with Crippen molar-refractivity contribution in [3.8, 4) is 0 Å². The maximum absolute atomic E-state index is 13.6. The molecule has 4 aromatic rings. The molecule has 160 valence electrons. The average Bonchev–Trinajstić information content (AvgIpc) is 3.41. The van der Waals surface area contributed by atoms with Gasteiger partial charge in [0.15, 0.2) is 5.16 Å². The van der Waals surface area contributed by atoms with Gasteiger partial charge in [0.1, 0.15) is 4.83 Å². The predicted octanol–water partition coefficient (Wildman–Crippen LogP) is 5.35. The summed E-state index contributed by atoms with van der Waals surface area (Å²) in [6, 6.07) is 10.3. The van der Waals surface area contributed by atoms with Crippen LogP contribution >= 0.6 is 23.1 Å². The van der Waals surface area contributed by atoms with Crippen LogP contribution in [0.1, 0.15) is 35.8 Å². The van der Waals surface area contributed by atoms with E-state index in [1.807, 2.05) is 16.8 Å². The molecule has 5 nitrogen and oxygen atoms in total. The SMILES string of the molecule is CCc1c(C)sc2nc(SCc3cccc4cccnc34)n(C[C@H]3CCCO3)c(=O)c12. The molecule has 31 heavy (non-hydrogen) atoms. The fourth-order valence-corrected chi connectivity index (χ4v) is 6.49. The van der Waals surface area contributed by atoms with Gasteiger partial charge in [-0.05, 0) is 43.4 Å². The second-order valence-electron chi connectivity index (χ2n) is 7.90. The summed E-state index contributed by atoms with van der Waals surface area (Å²) in [5, 5.41) is 2.69. The number of hydrogen-bond donors (Lipinski definition) is 0. The van der Waals surface area contributed by atoms with Crippen molar-refractivity contribution in [3.05, 3.63) is 62.9 Å². The Kier molecular flexibility index (Phi) is 5.82. The monoisotopic (exact) mass is 451 g/mol. The molecule has 1 aliphatic rings. The summed E-state index contributed by atoms with van der Waals surface area (Å²) in [6.07, 6.45) is 4.80. The quantitative estimate of drug-likeness (QED) is 0.292. The van der Waals surface area contributed by atoms with E-state index < -0.39 is 0 Å². The molecule has 0 unspecified atom stereocenters. The van der Waals surface area contributed by atoms with Crippen LogP contribution in [0.2, 0.25) is 0 Å². The van der Waals surface area contributed by atoms with Gasteiger partial charge in [-0.2, -0.15) is 0 Å². The number of aryl methyl sites for hydroxylation is 2. The van der Waals surface area contributed by atoms with E-state index in [2.05, 4.69) is 43.1 Å². The van der Waals surface area contributed by atoms with Crippen LogP contribution < -0.4 is 5.56 Å². The van der Waals surface area contributed by atoms with E-state index >= 15 is 0 Å². The number of rotatable bonds is 6. The molecule has 3 aromatic heterocycles. The standard InChI is InChI=1S/C24H25N3O2S2/c1-3-19-15(2)31-22-20(19)23(28)27(13-18-10-6-12-29-18)24(26-22)30-14-17-8-4-7-16-9-5-11-25-21(16)17/h4-5,7-9,11,18H,3,6,10,12-14H2,1-2H3/t18-/m1/s1. The normalized spacial score (nSPS) is 16.5. The first-order valence-electron chi connectivity index (χ1n) is 10.8. The zero-order valence-electron chi connectivity index (χ0n) is 17.8. The minimum atomic E-state index is 0.0697. The van der Waals surface area contributed by atoms with Crippen LogP contribution in [0.15, 0.2) is 46.5 Å². The summed E-state index contributed by atoms with van der Waals surface area (Å²) < 4.78 is 7.71. The van der Waals surface area contributed by atoms with Crippen molar-refractivity contribution in [3.63, 3.8) is 0 Å². The molecule has 0 amide bonds. The molecule has 5 rings (SSSR count). The molecule has 0 saturated carbocycles. The number of benzene rings is 1. The molecule has 1 aliphatic heterocycles. The highest BCUT2D eigenvalue weighted by atomic mass is 32.2. The van der Waals surface area contributed by atoms with Gasteiger partial charge < -0.3 is 4.74 Å². The predicted molar refractivity (Wildman–Crippen MR) is 128 cm³/mol. The van der Waals surface area contributed by atoms with Gasteiger partial charge in [-0.1, -0.05) is 43.0 Å². The molecule has 1 aromatic carbocycles. The summed E-state index contributed by atoms with van der Waals surface area (Å²) in [7, 11) is 0.